The van der Waals surface area contributed by atoms with Crippen LogP contribution in [0, 0.1) is 19.8 Å². The summed E-state index contributed by atoms with van der Waals surface area (Å²) >= 11 is 0. The van der Waals surface area contributed by atoms with E-state index in [1.165, 1.54) is 17.1 Å². The molecular weight excluding hydrogens is 418 g/mol. The third-order valence-corrected chi connectivity index (χ3v) is 8.16. The van der Waals surface area contributed by atoms with Gasteiger partial charge in [0.05, 0.1) is 12.0 Å². The second-order valence-corrected chi connectivity index (χ2v) is 10.3. The summed E-state index contributed by atoms with van der Waals surface area (Å²) in [5, 5.41) is 6.67. The summed E-state index contributed by atoms with van der Waals surface area (Å²) in [6, 6.07) is 7.37. The Balaban J connectivity index is 1.38. The zero-order chi connectivity index (χ0) is 22.0. The van der Waals surface area contributed by atoms with E-state index in [9.17, 15) is 13.2 Å². The fourth-order valence-corrected chi connectivity index (χ4v) is 6.22. The molecule has 168 valence electrons. The first-order valence-electron chi connectivity index (χ1n) is 10.8. The molecular formula is C22H29N3O5S. The molecule has 0 bridgehead atoms. The standard InChI is InChI=1S/C22H29N3O5S/c1-15-21(16(2)30-24-15)31(27,28)25-13-5-6-17(14-25)22(26)23-18-9-11-20(12-10-18)29-19-7-3-4-8-19/h9-12,17,19H,3-8,13-14H2,1-2H3,(H,23,26). The Hall–Kier alpha value is -2.39. The van der Waals surface area contributed by atoms with Crippen molar-refractivity contribution in [1.29, 1.82) is 0 Å². The number of ether oxygens (including phenoxy) is 1. The molecule has 1 N–H and O–H groups in total. The zero-order valence-corrected chi connectivity index (χ0v) is 18.8. The highest BCUT2D eigenvalue weighted by Gasteiger charge is 2.36. The number of hydrogen-bond acceptors (Lipinski definition) is 6. The third kappa shape index (κ3) is 4.77. The summed E-state index contributed by atoms with van der Waals surface area (Å²) in [6.07, 6.45) is 6.15. The van der Waals surface area contributed by atoms with Crippen LogP contribution in [0.1, 0.15) is 50.0 Å². The minimum absolute atomic E-state index is 0.103. The van der Waals surface area contributed by atoms with E-state index in [2.05, 4.69) is 10.5 Å². The highest BCUT2D eigenvalue weighted by atomic mass is 32.2. The van der Waals surface area contributed by atoms with Gasteiger partial charge in [-0.05, 0) is 76.6 Å². The largest absolute Gasteiger partial charge is 0.490 e. The molecule has 4 rings (SSSR count). The Morgan fingerprint density at radius 2 is 1.84 bits per heavy atom. The van der Waals surface area contributed by atoms with Gasteiger partial charge < -0.3 is 14.6 Å². The minimum Gasteiger partial charge on any atom is -0.490 e. The molecule has 1 amide bonds. The molecule has 1 aliphatic carbocycles. The van der Waals surface area contributed by atoms with Gasteiger partial charge in [0.1, 0.15) is 16.3 Å². The van der Waals surface area contributed by atoms with Crippen LogP contribution in [0.15, 0.2) is 33.7 Å². The topological polar surface area (TPSA) is 102 Å². The Kier molecular flexibility index (Phi) is 6.34. The lowest BCUT2D eigenvalue weighted by Gasteiger charge is -2.31. The van der Waals surface area contributed by atoms with Crippen LogP contribution >= 0.6 is 0 Å². The lowest BCUT2D eigenvalue weighted by Crippen LogP contribution is -2.43. The Morgan fingerprint density at radius 1 is 1.13 bits per heavy atom. The predicted octanol–water partition coefficient (Wildman–Crippen LogP) is 3.65. The van der Waals surface area contributed by atoms with Crippen LogP contribution in [0.5, 0.6) is 5.75 Å². The van der Waals surface area contributed by atoms with Gasteiger partial charge in [0, 0.05) is 18.8 Å². The summed E-state index contributed by atoms with van der Waals surface area (Å²) in [7, 11) is -3.76. The lowest BCUT2D eigenvalue weighted by molar-refractivity contribution is -0.120. The van der Waals surface area contributed by atoms with Crippen molar-refractivity contribution in [2.75, 3.05) is 18.4 Å². The molecule has 1 saturated heterocycles. The van der Waals surface area contributed by atoms with Crippen LogP contribution in [0.25, 0.3) is 0 Å². The highest BCUT2D eigenvalue weighted by molar-refractivity contribution is 7.89. The quantitative estimate of drug-likeness (QED) is 0.725. The number of aryl methyl sites for hydroxylation is 2. The summed E-state index contributed by atoms with van der Waals surface area (Å²) < 4.78 is 38.5. The van der Waals surface area contributed by atoms with Crippen LogP contribution in [-0.4, -0.2) is 43.0 Å². The van der Waals surface area contributed by atoms with Gasteiger partial charge in [-0.25, -0.2) is 8.42 Å². The van der Waals surface area contributed by atoms with Gasteiger partial charge in [-0.15, -0.1) is 0 Å². The van der Waals surface area contributed by atoms with Crippen molar-refractivity contribution in [3.63, 3.8) is 0 Å². The number of nitrogens with one attached hydrogen (secondary N) is 1. The SMILES string of the molecule is Cc1noc(C)c1S(=O)(=O)N1CCCC(C(=O)Nc2ccc(OC3CCCC3)cc2)C1. The Morgan fingerprint density at radius 3 is 2.48 bits per heavy atom. The van der Waals surface area contributed by atoms with E-state index in [4.69, 9.17) is 9.26 Å². The number of carbonyl (C=O) groups is 1. The van der Waals surface area contributed by atoms with Crippen molar-refractivity contribution in [3.8, 4) is 5.75 Å². The second kappa shape index (κ2) is 9.00. The van der Waals surface area contributed by atoms with Gasteiger partial charge in [-0.2, -0.15) is 4.31 Å². The minimum atomic E-state index is -3.76. The first kappa shape index (κ1) is 21.8. The third-order valence-electron chi connectivity index (χ3n) is 6.05. The smallest absolute Gasteiger partial charge is 0.248 e. The lowest BCUT2D eigenvalue weighted by atomic mass is 9.99. The van der Waals surface area contributed by atoms with E-state index >= 15 is 0 Å². The predicted molar refractivity (Wildman–Crippen MR) is 115 cm³/mol. The number of carbonyl (C=O) groups excluding carboxylic acids is 1. The molecule has 8 nitrogen and oxygen atoms in total. The first-order chi connectivity index (χ1) is 14.8. The number of nitrogens with zero attached hydrogens (tertiary/aromatic N) is 2. The van der Waals surface area contributed by atoms with Gasteiger partial charge in [-0.1, -0.05) is 5.16 Å². The molecule has 0 radical (unpaired) electrons. The van der Waals surface area contributed by atoms with Crippen LogP contribution in [0.4, 0.5) is 5.69 Å². The molecule has 1 saturated carbocycles. The molecule has 0 spiro atoms. The van der Waals surface area contributed by atoms with Crippen molar-refractivity contribution in [2.45, 2.75) is 63.4 Å². The number of benzene rings is 1. The number of amides is 1. The zero-order valence-electron chi connectivity index (χ0n) is 18.0. The summed E-state index contributed by atoms with van der Waals surface area (Å²) in [6.45, 7) is 3.71. The molecule has 1 aromatic heterocycles. The van der Waals surface area contributed by atoms with Crippen molar-refractivity contribution in [2.24, 2.45) is 5.92 Å². The molecule has 1 aromatic carbocycles. The molecule has 1 atom stereocenters. The van der Waals surface area contributed by atoms with Gasteiger partial charge in [0.25, 0.3) is 0 Å². The molecule has 2 heterocycles. The molecule has 2 fully saturated rings. The number of sulfonamides is 1. The van der Waals surface area contributed by atoms with Gasteiger partial charge >= 0.3 is 0 Å². The van der Waals surface area contributed by atoms with Crippen LogP contribution in [0.3, 0.4) is 0 Å². The number of aromatic nitrogens is 1. The van der Waals surface area contributed by atoms with Crippen molar-refractivity contribution in [1.82, 2.24) is 9.46 Å². The van der Waals surface area contributed by atoms with E-state index in [0.717, 1.165) is 18.6 Å². The molecule has 2 aliphatic rings. The maximum Gasteiger partial charge on any atom is 0.248 e. The summed E-state index contributed by atoms with van der Waals surface area (Å²) in [5.41, 5.74) is 1.01. The van der Waals surface area contributed by atoms with Gasteiger partial charge in [-0.3, -0.25) is 4.79 Å². The first-order valence-corrected chi connectivity index (χ1v) is 12.3. The van der Waals surface area contributed by atoms with Crippen molar-refractivity contribution >= 4 is 21.6 Å². The monoisotopic (exact) mass is 447 g/mol. The van der Waals surface area contributed by atoms with Gasteiger partial charge in [0.2, 0.25) is 15.9 Å². The van der Waals surface area contributed by atoms with E-state index in [-0.39, 0.29) is 29.2 Å². The Labute approximate surface area is 183 Å². The maximum absolute atomic E-state index is 13.1. The summed E-state index contributed by atoms with van der Waals surface area (Å²) in [5.74, 6) is 0.477. The molecule has 1 aliphatic heterocycles. The van der Waals surface area contributed by atoms with Crippen LogP contribution in [0.2, 0.25) is 0 Å². The van der Waals surface area contributed by atoms with Gasteiger partial charge in [0.15, 0.2) is 5.76 Å². The van der Waals surface area contributed by atoms with E-state index in [0.29, 0.717) is 30.8 Å². The number of rotatable bonds is 6. The molecule has 1 unspecified atom stereocenters. The van der Waals surface area contributed by atoms with Crippen molar-refractivity contribution < 1.29 is 22.5 Å². The second-order valence-electron chi connectivity index (χ2n) is 8.39. The van der Waals surface area contributed by atoms with Crippen molar-refractivity contribution in [3.05, 3.63) is 35.7 Å². The average molecular weight is 448 g/mol. The molecule has 31 heavy (non-hydrogen) atoms. The summed E-state index contributed by atoms with van der Waals surface area (Å²) in [4.78, 5) is 12.9. The molecule has 9 heteroatoms. The number of piperidine rings is 1. The Bertz CT molecular complexity index is 1010. The fraction of sp³-hybridized carbons (Fsp3) is 0.545. The van der Waals surface area contributed by atoms with Crippen LogP contribution < -0.4 is 10.1 Å². The number of anilines is 1. The number of hydrogen-bond donors (Lipinski definition) is 1. The average Bonchev–Trinajstić information content (AvgIpc) is 3.39. The highest BCUT2D eigenvalue weighted by Crippen LogP contribution is 2.29. The van der Waals surface area contributed by atoms with E-state index in [1.807, 2.05) is 24.3 Å². The van der Waals surface area contributed by atoms with E-state index in [1.54, 1.807) is 13.8 Å². The molecule has 2 aromatic rings. The normalized spacial score (nSPS) is 20.6. The van der Waals surface area contributed by atoms with E-state index < -0.39 is 15.9 Å². The van der Waals surface area contributed by atoms with Crippen LogP contribution in [-0.2, 0) is 14.8 Å². The fourth-order valence-electron chi connectivity index (χ4n) is 4.41. The maximum atomic E-state index is 13.1.